The summed E-state index contributed by atoms with van der Waals surface area (Å²) < 4.78 is 11.0. The number of carbonyl (C=O) groups excluding carboxylic acids is 1. The smallest absolute Gasteiger partial charge is 0.141 e. The lowest BCUT2D eigenvalue weighted by Gasteiger charge is -2.19. The fourth-order valence-corrected chi connectivity index (χ4v) is 1.24. The minimum Gasteiger partial charge on any atom is -0.488 e. The third-order valence-corrected chi connectivity index (χ3v) is 2.12. The van der Waals surface area contributed by atoms with Crippen LogP contribution in [0.15, 0.2) is 30.3 Å². The van der Waals surface area contributed by atoms with Crippen LogP contribution in [0.3, 0.4) is 0 Å². The Hall–Kier alpha value is -1.39. The maximum atomic E-state index is 10.6. The van der Waals surface area contributed by atoms with E-state index in [-0.39, 0.29) is 12.7 Å². The summed E-state index contributed by atoms with van der Waals surface area (Å²) in [5.41, 5.74) is 4.70. The van der Waals surface area contributed by atoms with Crippen LogP contribution in [0.25, 0.3) is 0 Å². The van der Waals surface area contributed by atoms with Gasteiger partial charge in [-0.1, -0.05) is 18.2 Å². The summed E-state index contributed by atoms with van der Waals surface area (Å²) in [6.07, 6.45) is 0.607. The van der Waals surface area contributed by atoms with E-state index < -0.39 is 5.54 Å². The first-order valence-corrected chi connectivity index (χ1v) is 5.58. The molecule has 0 aliphatic heterocycles. The normalized spacial score (nSPS) is 15.9. The highest BCUT2D eigenvalue weighted by Crippen LogP contribution is 2.11. The van der Waals surface area contributed by atoms with E-state index in [1.807, 2.05) is 37.3 Å². The Morgan fingerprint density at radius 2 is 2.06 bits per heavy atom. The highest BCUT2D eigenvalue weighted by molar-refractivity contribution is 5.63. The lowest BCUT2D eigenvalue weighted by molar-refractivity contribution is -0.114. The van der Waals surface area contributed by atoms with Crippen LogP contribution in [0.1, 0.15) is 13.8 Å². The Labute approximate surface area is 102 Å². The first-order valence-electron chi connectivity index (χ1n) is 5.58. The van der Waals surface area contributed by atoms with Crippen molar-refractivity contribution >= 4 is 6.29 Å². The lowest BCUT2D eigenvalue weighted by atomic mass is 10.1. The molecule has 0 fully saturated rings. The number of ether oxygens (including phenoxy) is 2. The van der Waals surface area contributed by atoms with Gasteiger partial charge in [-0.2, -0.15) is 0 Å². The Balaban J connectivity index is 2.27. The quantitative estimate of drug-likeness (QED) is 0.728. The SMILES string of the molecule is C[C@@H](COC[C@@](C)(N)C=O)Oc1ccccc1. The molecule has 94 valence electrons. The van der Waals surface area contributed by atoms with Crippen LogP contribution in [-0.2, 0) is 9.53 Å². The van der Waals surface area contributed by atoms with Crippen molar-refractivity contribution in [3.8, 4) is 5.75 Å². The minimum absolute atomic E-state index is 0.0835. The van der Waals surface area contributed by atoms with E-state index in [1.54, 1.807) is 6.92 Å². The molecule has 0 saturated carbocycles. The Morgan fingerprint density at radius 3 is 2.65 bits per heavy atom. The molecule has 2 atom stereocenters. The fraction of sp³-hybridized carbons (Fsp3) is 0.462. The van der Waals surface area contributed by atoms with Crippen LogP contribution in [0.4, 0.5) is 0 Å². The van der Waals surface area contributed by atoms with Gasteiger partial charge in [-0.3, -0.25) is 0 Å². The third kappa shape index (κ3) is 5.47. The van der Waals surface area contributed by atoms with Gasteiger partial charge in [-0.25, -0.2) is 0 Å². The molecule has 0 spiro atoms. The van der Waals surface area contributed by atoms with Crippen LogP contribution in [-0.4, -0.2) is 31.1 Å². The average molecular weight is 237 g/mol. The van der Waals surface area contributed by atoms with Crippen LogP contribution in [0.2, 0.25) is 0 Å². The van der Waals surface area contributed by atoms with Crippen molar-refractivity contribution in [2.75, 3.05) is 13.2 Å². The van der Waals surface area contributed by atoms with E-state index >= 15 is 0 Å². The molecule has 0 aromatic heterocycles. The van der Waals surface area contributed by atoms with Crippen molar-refractivity contribution in [2.24, 2.45) is 5.73 Å². The summed E-state index contributed by atoms with van der Waals surface area (Å²) in [5, 5.41) is 0. The monoisotopic (exact) mass is 237 g/mol. The second-order valence-electron chi connectivity index (χ2n) is 4.38. The van der Waals surface area contributed by atoms with Gasteiger partial charge in [-0.05, 0) is 26.0 Å². The fourth-order valence-electron chi connectivity index (χ4n) is 1.24. The van der Waals surface area contributed by atoms with Crippen molar-refractivity contribution in [3.05, 3.63) is 30.3 Å². The molecule has 0 saturated heterocycles. The van der Waals surface area contributed by atoms with Gasteiger partial charge in [0.1, 0.15) is 18.1 Å². The van der Waals surface area contributed by atoms with Crippen molar-refractivity contribution in [1.29, 1.82) is 0 Å². The lowest BCUT2D eigenvalue weighted by Crippen LogP contribution is -2.43. The molecule has 1 aromatic carbocycles. The number of carbonyl (C=O) groups is 1. The van der Waals surface area contributed by atoms with E-state index in [1.165, 1.54) is 0 Å². The molecule has 0 aliphatic carbocycles. The van der Waals surface area contributed by atoms with Gasteiger partial charge in [0, 0.05) is 0 Å². The predicted molar refractivity (Wildman–Crippen MR) is 66.0 cm³/mol. The summed E-state index contributed by atoms with van der Waals surface area (Å²) in [6, 6.07) is 9.51. The van der Waals surface area contributed by atoms with E-state index in [0.717, 1.165) is 5.75 Å². The first-order chi connectivity index (χ1) is 8.03. The van der Waals surface area contributed by atoms with Crippen LogP contribution in [0, 0.1) is 0 Å². The Morgan fingerprint density at radius 1 is 1.41 bits per heavy atom. The highest BCUT2D eigenvalue weighted by Gasteiger charge is 2.17. The summed E-state index contributed by atoms with van der Waals surface area (Å²) >= 11 is 0. The molecule has 1 aromatic rings. The summed E-state index contributed by atoms with van der Waals surface area (Å²) in [7, 11) is 0. The van der Waals surface area contributed by atoms with E-state index in [0.29, 0.717) is 12.9 Å². The average Bonchev–Trinajstić information content (AvgIpc) is 2.30. The molecule has 0 heterocycles. The van der Waals surface area contributed by atoms with Gasteiger partial charge in [0.2, 0.25) is 0 Å². The molecular formula is C13H19NO3. The zero-order valence-corrected chi connectivity index (χ0v) is 10.3. The predicted octanol–water partition coefficient (Wildman–Crippen LogP) is 1.39. The molecule has 0 bridgehead atoms. The van der Waals surface area contributed by atoms with Crippen LogP contribution >= 0.6 is 0 Å². The van der Waals surface area contributed by atoms with Gasteiger partial charge in [0.25, 0.3) is 0 Å². The first kappa shape index (κ1) is 13.7. The zero-order valence-electron chi connectivity index (χ0n) is 10.3. The maximum Gasteiger partial charge on any atom is 0.141 e. The van der Waals surface area contributed by atoms with Crippen LogP contribution < -0.4 is 10.5 Å². The molecule has 1 rings (SSSR count). The molecular weight excluding hydrogens is 218 g/mol. The van der Waals surface area contributed by atoms with Gasteiger partial charge >= 0.3 is 0 Å². The second-order valence-corrected chi connectivity index (χ2v) is 4.38. The second kappa shape index (κ2) is 6.37. The standard InChI is InChI=1S/C13H19NO3/c1-11(8-16-10-13(2,14)9-15)17-12-6-4-3-5-7-12/h3-7,9,11H,8,10,14H2,1-2H3/t11-,13-/m0/s1. The van der Waals surface area contributed by atoms with E-state index in [4.69, 9.17) is 15.2 Å². The van der Waals surface area contributed by atoms with Crippen molar-refractivity contribution < 1.29 is 14.3 Å². The molecule has 0 aliphatic rings. The maximum absolute atomic E-state index is 10.6. The molecule has 0 amide bonds. The Kier molecular flexibility index (Phi) is 5.12. The number of para-hydroxylation sites is 1. The highest BCUT2D eigenvalue weighted by atomic mass is 16.5. The summed E-state index contributed by atoms with van der Waals surface area (Å²) in [4.78, 5) is 10.6. The van der Waals surface area contributed by atoms with Gasteiger partial charge < -0.3 is 20.0 Å². The molecule has 2 N–H and O–H groups in total. The molecule has 17 heavy (non-hydrogen) atoms. The number of rotatable bonds is 7. The number of hydrogen-bond acceptors (Lipinski definition) is 4. The van der Waals surface area contributed by atoms with Crippen molar-refractivity contribution in [1.82, 2.24) is 0 Å². The topological polar surface area (TPSA) is 61.5 Å². The minimum atomic E-state index is -0.924. The van der Waals surface area contributed by atoms with Crippen molar-refractivity contribution in [3.63, 3.8) is 0 Å². The van der Waals surface area contributed by atoms with E-state index in [9.17, 15) is 4.79 Å². The molecule has 0 unspecified atom stereocenters. The van der Waals surface area contributed by atoms with Gasteiger partial charge in [0.15, 0.2) is 0 Å². The number of aldehydes is 1. The van der Waals surface area contributed by atoms with E-state index in [2.05, 4.69) is 0 Å². The number of benzene rings is 1. The Bertz CT molecular complexity index is 338. The number of nitrogens with two attached hydrogens (primary N) is 1. The third-order valence-electron chi connectivity index (χ3n) is 2.12. The van der Waals surface area contributed by atoms with Gasteiger partial charge in [0.05, 0.1) is 18.8 Å². The zero-order chi connectivity index (χ0) is 12.7. The molecule has 0 radical (unpaired) electrons. The molecule has 4 nitrogen and oxygen atoms in total. The summed E-state index contributed by atoms with van der Waals surface area (Å²) in [6.45, 7) is 4.12. The van der Waals surface area contributed by atoms with Crippen molar-refractivity contribution in [2.45, 2.75) is 25.5 Å². The number of hydrogen-bond donors (Lipinski definition) is 1. The summed E-state index contributed by atoms with van der Waals surface area (Å²) in [5.74, 6) is 0.800. The van der Waals surface area contributed by atoms with Gasteiger partial charge in [-0.15, -0.1) is 0 Å². The van der Waals surface area contributed by atoms with Crippen LogP contribution in [0.5, 0.6) is 5.75 Å². The largest absolute Gasteiger partial charge is 0.488 e. The molecule has 4 heteroatoms.